The highest BCUT2D eigenvalue weighted by atomic mass is 16.5. The number of aryl methyl sites for hydroxylation is 1. The van der Waals surface area contributed by atoms with Crippen molar-refractivity contribution in [2.75, 3.05) is 13.7 Å². The molecule has 5 heteroatoms. The summed E-state index contributed by atoms with van der Waals surface area (Å²) in [6.07, 6.45) is 8.44. The molecule has 0 saturated heterocycles. The number of carbonyl (C=O) groups excluding carboxylic acids is 2. The largest absolute Gasteiger partial charge is 0.465 e. The SMILES string of the molecule is COC(=O)c1c(C)[nH]c(C(=O)[C@@H](C)[NH2+]CC23CC4CC(CC(C4)C2)C3)c1C. The first-order chi connectivity index (χ1) is 12.8. The van der Waals surface area contributed by atoms with E-state index < -0.39 is 0 Å². The van der Waals surface area contributed by atoms with Gasteiger partial charge in [-0.2, -0.15) is 0 Å². The molecule has 5 rings (SSSR count). The van der Waals surface area contributed by atoms with E-state index in [4.69, 9.17) is 4.74 Å². The molecule has 1 heterocycles. The first-order valence-corrected chi connectivity index (χ1v) is 10.5. The van der Waals surface area contributed by atoms with Crippen LogP contribution in [-0.4, -0.2) is 36.4 Å². The number of carbonyl (C=O) groups is 2. The Morgan fingerprint density at radius 1 is 1.15 bits per heavy atom. The molecule has 1 aromatic rings. The summed E-state index contributed by atoms with van der Waals surface area (Å²) in [6, 6.07) is -0.139. The summed E-state index contributed by atoms with van der Waals surface area (Å²) in [7, 11) is 1.37. The number of quaternary nitrogens is 1. The molecule has 27 heavy (non-hydrogen) atoms. The van der Waals surface area contributed by atoms with Gasteiger partial charge in [0.25, 0.3) is 0 Å². The first kappa shape index (κ1) is 18.7. The van der Waals surface area contributed by atoms with Crippen LogP contribution in [0.2, 0.25) is 0 Å². The van der Waals surface area contributed by atoms with Crippen LogP contribution in [0.4, 0.5) is 0 Å². The highest BCUT2D eigenvalue weighted by Crippen LogP contribution is 2.59. The van der Waals surface area contributed by atoms with Crippen molar-refractivity contribution in [3.8, 4) is 0 Å². The molecule has 1 aromatic heterocycles. The number of aromatic amines is 1. The molecule has 4 saturated carbocycles. The molecule has 4 aliphatic rings. The minimum Gasteiger partial charge on any atom is -0.465 e. The molecule has 4 bridgehead atoms. The number of ether oxygens (including phenoxy) is 1. The topological polar surface area (TPSA) is 75.8 Å². The predicted molar refractivity (Wildman–Crippen MR) is 103 cm³/mol. The van der Waals surface area contributed by atoms with Crippen LogP contribution in [0.3, 0.4) is 0 Å². The maximum Gasteiger partial charge on any atom is 0.339 e. The summed E-state index contributed by atoms with van der Waals surface area (Å²) < 4.78 is 4.86. The second-order valence-electron chi connectivity index (χ2n) is 9.63. The van der Waals surface area contributed by atoms with E-state index in [1.54, 1.807) is 0 Å². The van der Waals surface area contributed by atoms with E-state index in [1.165, 1.54) is 45.6 Å². The third-order valence-electron chi connectivity index (χ3n) is 7.56. The number of ketones is 1. The van der Waals surface area contributed by atoms with Crippen molar-refractivity contribution in [1.82, 2.24) is 4.98 Å². The van der Waals surface area contributed by atoms with Crippen molar-refractivity contribution in [2.45, 2.75) is 65.3 Å². The number of rotatable bonds is 6. The molecule has 4 fully saturated rings. The first-order valence-electron chi connectivity index (χ1n) is 10.5. The van der Waals surface area contributed by atoms with Crippen molar-refractivity contribution in [2.24, 2.45) is 23.2 Å². The maximum atomic E-state index is 13.0. The van der Waals surface area contributed by atoms with Crippen LogP contribution in [0.15, 0.2) is 0 Å². The molecule has 0 aromatic carbocycles. The molecule has 1 atom stereocenters. The zero-order valence-corrected chi connectivity index (χ0v) is 17.1. The fourth-order valence-corrected chi connectivity index (χ4v) is 6.71. The average molecular weight is 374 g/mol. The third-order valence-corrected chi connectivity index (χ3v) is 7.56. The summed E-state index contributed by atoms with van der Waals surface area (Å²) in [5.74, 6) is 2.51. The normalized spacial score (nSPS) is 32.5. The number of aromatic nitrogens is 1. The number of nitrogens with two attached hydrogens (primary N) is 1. The second-order valence-corrected chi connectivity index (χ2v) is 9.63. The summed E-state index contributed by atoms with van der Waals surface area (Å²) in [4.78, 5) is 28.2. The van der Waals surface area contributed by atoms with Gasteiger partial charge in [0.15, 0.2) is 0 Å². The summed E-state index contributed by atoms with van der Waals surface area (Å²) >= 11 is 0. The summed E-state index contributed by atoms with van der Waals surface area (Å²) in [6.45, 7) is 6.71. The van der Waals surface area contributed by atoms with Gasteiger partial charge in [-0.15, -0.1) is 0 Å². The zero-order chi connectivity index (χ0) is 19.3. The van der Waals surface area contributed by atoms with Crippen molar-refractivity contribution >= 4 is 11.8 Å². The lowest BCUT2D eigenvalue weighted by atomic mass is 9.49. The van der Waals surface area contributed by atoms with Gasteiger partial charge in [-0.25, -0.2) is 4.79 Å². The van der Waals surface area contributed by atoms with Gasteiger partial charge in [-0.05, 0) is 82.6 Å². The van der Waals surface area contributed by atoms with Crippen LogP contribution >= 0.6 is 0 Å². The van der Waals surface area contributed by atoms with Gasteiger partial charge in [0.2, 0.25) is 5.78 Å². The Morgan fingerprint density at radius 3 is 2.22 bits per heavy atom. The Labute approximate surface area is 161 Å². The fourth-order valence-electron chi connectivity index (χ4n) is 6.71. The van der Waals surface area contributed by atoms with Crippen molar-refractivity contribution in [1.29, 1.82) is 0 Å². The van der Waals surface area contributed by atoms with E-state index in [0.717, 1.165) is 24.3 Å². The molecule has 0 radical (unpaired) electrons. The van der Waals surface area contributed by atoms with Gasteiger partial charge in [0, 0.05) is 11.1 Å². The van der Waals surface area contributed by atoms with E-state index >= 15 is 0 Å². The van der Waals surface area contributed by atoms with Crippen LogP contribution in [-0.2, 0) is 4.74 Å². The molecular weight excluding hydrogens is 340 g/mol. The van der Waals surface area contributed by atoms with Crippen LogP contribution in [0.1, 0.15) is 77.6 Å². The van der Waals surface area contributed by atoms with Gasteiger partial charge >= 0.3 is 5.97 Å². The molecule has 0 aliphatic heterocycles. The number of hydrogen-bond donors (Lipinski definition) is 2. The van der Waals surface area contributed by atoms with E-state index in [-0.39, 0.29) is 17.8 Å². The minimum atomic E-state index is -0.384. The van der Waals surface area contributed by atoms with Gasteiger partial charge in [0.05, 0.1) is 24.9 Å². The lowest BCUT2D eigenvalue weighted by Gasteiger charge is -2.56. The number of Topliss-reactive ketones (excluding diaryl/α,β-unsaturated/α-hetero) is 1. The number of H-pyrrole nitrogens is 1. The van der Waals surface area contributed by atoms with Crippen molar-refractivity contribution < 1.29 is 19.6 Å². The number of esters is 1. The van der Waals surface area contributed by atoms with E-state index in [1.807, 2.05) is 20.8 Å². The van der Waals surface area contributed by atoms with Crippen LogP contribution in [0.5, 0.6) is 0 Å². The van der Waals surface area contributed by atoms with Gasteiger partial charge in [0.1, 0.15) is 6.04 Å². The number of methoxy groups -OCH3 is 1. The number of hydrogen-bond acceptors (Lipinski definition) is 3. The molecule has 148 valence electrons. The average Bonchev–Trinajstić information content (AvgIpc) is 2.91. The zero-order valence-electron chi connectivity index (χ0n) is 17.1. The van der Waals surface area contributed by atoms with Gasteiger partial charge < -0.3 is 15.0 Å². The molecule has 0 amide bonds. The number of nitrogens with one attached hydrogen (secondary N) is 1. The maximum absolute atomic E-state index is 13.0. The molecule has 5 nitrogen and oxygen atoms in total. The molecule has 4 aliphatic carbocycles. The molecule has 3 N–H and O–H groups in total. The molecule has 0 unspecified atom stereocenters. The smallest absolute Gasteiger partial charge is 0.339 e. The highest BCUT2D eigenvalue weighted by Gasteiger charge is 2.52. The van der Waals surface area contributed by atoms with E-state index in [2.05, 4.69) is 10.3 Å². The monoisotopic (exact) mass is 373 g/mol. The fraction of sp³-hybridized carbons (Fsp3) is 0.727. The Kier molecular flexibility index (Phi) is 4.69. The van der Waals surface area contributed by atoms with E-state index in [0.29, 0.717) is 27.9 Å². The summed E-state index contributed by atoms with van der Waals surface area (Å²) in [5, 5.41) is 2.25. The Balaban J connectivity index is 1.44. The van der Waals surface area contributed by atoms with Crippen LogP contribution < -0.4 is 5.32 Å². The van der Waals surface area contributed by atoms with Gasteiger partial charge in [-0.3, -0.25) is 4.79 Å². The predicted octanol–water partition coefficient (Wildman–Crippen LogP) is 2.77. The molecular formula is C22H33N2O3+. The Morgan fingerprint density at radius 2 is 1.70 bits per heavy atom. The Hall–Kier alpha value is -1.62. The quantitative estimate of drug-likeness (QED) is 0.595. The van der Waals surface area contributed by atoms with E-state index in [9.17, 15) is 9.59 Å². The van der Waals surface area contributed by atoms with Crippen molar-refractivity contribution in [3.05, 3.63) is 22.5 Å². The van der Waals surface area contributed by atoms with Crippen molar-refractivity contribution in [3.63, 3.8) is 0 Å². The lowest BCUT2D eigenvalue weighted by Crippen LogP contribution is -2.93. The standard InChI is InChI=1S/C22H32N2O3/c1-12-18(21(26)27-4)13(2)24-19(12)20(25)14(3)23-11-22-8-15-5-16(9-22)7-17(6-15)10-22/h14-17,23-24H,5-11H2,1-4H3/p+1/t14-,15?,16?,17?,22?/m1/s1. The molecule has 0 spiro atoms. The lowest BCUT2D eigenvalue weighted by molar-refractivity contribution is -0.685. The highest BCUT2D eigenvalue weighted by molar-refractivity contribution is 6.03. The third kappa shape index (κ3) is 3.24. The Bertz CT molecular complexity index is 729. The second kappa shape index (κ2) is 6.77. The van der Waals surface area contributed by atoms with Gasteiger partial charge in [-0.1, -0.05) is 0 Å². The minimum absolute atomic E-state index is 0.0791. The van der Waals surface area contributed by atoms with Crippen LogP contribution in [0.25, 0.3) is 0 Å². The summed E-state index contributed by atoms with van der Waals surface area (Å²) in [5.41, 5.74) is 2.92. The van der Waals surface area contributed by atoms with Crippen LogP contribution in [0, 0.1) is 37.0 Å².